The van der Waals surface area contributed by atoms with E-state index in [1.807, 2.05) is 0 Å². The third-order valence-corrected chi connectivity index (χ3v) is 3.26. The van der Waals surface area contributed by atoms with Gasteiger partial charge < -0.3 is 20.1 Å². The fourth-order valence-electron chi connectivity index (χ4n) is 1.95. The molecule has 0 radical (unpaired) electrons. The molecule has 0 fully saturated rings. The van der Waals surface area contributed by atoms with E-state index in [9.17, 15) is 14.5 Å². The van der Waals surface area contributed by atoms with Gasteiger partial charge in [-0.05, 0) is 36.5 Å². The Morgan fingerprint density at radius 3 is 2.46 bits per heavy atom. The molecule has 0 aliphatic heterocycles. The standard InChI is InChI=1S/C15H14FN3O4S/c1-22-10-4-6-14(23-2)12(8-10)18-15(24)17-11-5-3-9(16)7-13(11)19(20)21/h3-8H,1-2H3,(H2,17,18,24). The number of ether oxygens (including phenoxy) is 2. The molecule has 2 N–H and O–H groups in total. The van der Waals surface area contributed by atoms with Crippen molar-refractivity contribution in [3.05, 3.63) is 52.3 Å². The molecule has 0 unspecified atom stereocenters. The van der Waals surface area contributed by atoms with Crippen LogP contribution in [0.2, 0.25) is 0 Å². The van der Waals surface area contributed by atoms with E-state index in [1.165, 1.54) is 20.3 Å². The molecule has 0 aliphatic carbocycles. The zero-order valence-electron chi connectivity index (χ0n) is 12.8. The first-order valence-corrected chi connectivity index (χ1v) is 7.09. The fourth-order valence-corrected chi connectivity index (χ4v) is 2.17. The van der Waals surface area contributed by atoms with Gasteiger partial charge >= 0.3 is 0 Å². The molecule has 0 heterocycles. The van der Waals surface area contributed by atoms with Crippen LogP contribution in [0, 0.1) is 15.9 Å². The maximum absolute atomic E-state index is 13.2. The lowest BCUT2D eigenvalue weighted by atomic mass is 10.2. The summed E-state index contributed by atoms with van der Waals surface area (Å²) < 4.78 is 23.5. The molecule has 126 valence electrons. The van der Waals surface area contributed by atoms with E-state index in [2.05, 4.69) is 10.6 Å². The molecule has 7 nitrogen and oxygen atoms in total. The second-order valence-corrected chi connectivity index (χ2v) is 4.97. The number of nitro benzene ring substituents is 1. The van der Waals surface area contributed by atoms with Crippen LogP contribution in [0.5, 0.6) is 11.5 Å². The van der Waals surface area contributed by atoms with Crippen LogP contribution in [0.1, 0.15) is 0 Å². The van der Waals surface area contributed by atoms with Gasteiger partial charge in [-0.15, -0.1) is 0 Å². The van der Waals surface area contributed by atoms with Crippen LogP contribution in [-0.2, 0) is 0 Å². The molecule has 2 aromatic rings. The van der Waals surface area contributed by atoms with E-state index < -0.39 is 16.4 Å². The highest BCUT2D eigenvalue weighted by Gasteiger charge is 2.16. The van der Waals surface area contributed by atoms with Gasteiger partial charge in [0.05, 0.1) is 30.9 Å². The maximum Gasteiger partial charge on any atom is 0.295 e. The van der Waals surface area contributed by atoms with Crippen LogP contribution in [-0.4, -0.2) is 24.3 Å². The van der Waals surface area contributed by atoms with Crippen molar-refractivity contribution in [2.75, 3.05) is 24.9 Å². The van der Waals surface area contributed by atoms with Crippen molar-refractivity contribution >= 4 is 34.4 Å². The largest absolute Gasteiger partial charge is 0.497 e. The number of hydrogen-bond acceptors (Lipinski definition) is 5. The lowest BCUT2D eigenvalue weighted by Gasteiger charge is -2.14. The molecule has 9 heteroatoms. The monoisotopic (exact) mass is 351 g/mol. The predicted octanol–water partition coefficient (Wildman–Crippen LogP) is 3.56. The lowest BCUT2D eigenvalue weighted by Crippen LogP contribution is -2.20. The number of nitro groups is 1. The number of nitrogens with one attached hydrogen (secondary N) is 2. The Hall–Kier alpha value is -2.94. The number of anilines is 2. The van der Waals surface area contributed by atoms with Crippen molar-refractivity contribution in [3.8, 4) is 11.5 Å². The molecule has 0 amide bonds. The third kappa shape index (κ3) is 4.07. The van der Waals surface area contributed by atoms with E-state index in [1.54, 1.807) is 18.2 Å². The molecule has 0 aliphatic rings. The van der Waals surface area contributed by atoms with Crippen molar-refractivity contribution < 1.29 is 18.8 Å². The van der Waals surface area contributed by atoms with Crippen LogP contribution in [0.25, 0.3) is 0 Å². The van der Waals surface area contributed by atoms with Crippen molar-refractivity contribution in [1.82, 2.24) is 0 Å². The molecule has 2 aromatic carbocycles. The number of halogens is 1. The smallest absolute Gasteiger partial charge is 0.295 e. The normalized spacial score (nSPS) is 9.96. The first kappa shape index (κ1) is 17.4. The van der Waals surface area contributed by atoms with Crippen LogP contribution < -0.4 is 20.1 Å². The first-order chi connectivity index (χ1) is 11.4. The highest BCUT2D eigenvalue weighted by atomic mass is 32.1. The van der Waals surface area contributed by atoms with Gasteiger partial charge in [0, 0.05) is 6.07 Å². The number of rotatable bonds is 5. The molecule has 0 saturated carbocycles. The third-order valence-electron chi connectivity index (χ3n) is 3.06. The predicted molar refractivity (Wildman–Crippen MR) is 92.4 cm³/mol. The maximum atomic E-state index is 13.2. The van der Waals surface area contributed by atoms with Crippen LogP contribution in [0.15, 0.2) is 36.4 Å². The summed E-state index contributed by atoms with van der Waals surface area (Å²) in [5, 5.41) is 16.6. The summed E-state index contributed by atoms with van der Waals surface area (Å²) in [7, 11) is 3.01. The zero-order chi connectivity index (χ0) is 17.7. The molecule has 0 bridgehead atoms. The van der Waals surface area contributed by atoms with E-state index in [0.717, 1.165) is 12.1 Å². The number of thiocarbonyl (C=S) groups is 1. The molecular weight excluding hydrogens is 337 g/mol. The van der Waals surface area contributed by atoms with Gasteiger partial charge in [-0.25, -0.2) is 4.39 Å². The minimum absolute atomic E-state index is 0.0702. The average molecular weight is 351 g/mol. The number of nitrogens with zero attached hydrogens (tertiary/aromatic N) is 1. The lowest BCUT2D eigenvalue weighted by molar-refractivity contribution is -0.384. The van der Waals surface area contributed by atoms with Gasteiger partial charge in [0.15, 0.2) is 5.11 Å². The van der Waals surface area contributed by atoms with Gasteiger partial charge in [-0.1, -0.05) is 0 Å². The Labute approximate surface area is 142 Å². The Bertz CT molecular complexity index is 785. The van der Waals surface area contributed by atoms with Crippen molar-refractivity contribution in [1.29, 1.82) is 0 Å². The summed E-state index contributed by atoms with van der Waals surface area (Å²) in [6.45, 7) is 0. The highest BCUT2D eigenvalue weighted by Crippen LogP contribution is 2.30. The van der Waals surface area contributed by atoms with Crippen LogP contribution >= 0.6 is 12.2 Å². The summed E-state index contributed by atoms with van der Waals surface area (Å²) in [5.74, 6) is 0.378. The first-order valence-electron chi connectivity index (χ1n) is 6.68. The fraction of sp³-hybridized carbons (Fsp3) is 0.133. The number of hydrogen-bond donors (Lipinski definition) is 2. The van der Waals surface area contributed by atoms with Gasteiger partial charge in [-0.2, -0.15) is 0 Å². The molecule has 0 saturated heterocycles. The topological polar surface area (TPSA) is 85.7 Å². The van der Waals surface area contributed by atoms with Gasteiger partial charge in [0.1, 0.15) is 23.0 Å². The second kappa shape index (κ2) is 7.55. The van der Waals surface area contributed by atoms with Crippen molar-refractivity contribution in [2.45, 2.75) is 0 Å². The van der Waals surface area contributed by atoms with E-state index in [4.69, 9.17) is 21.7 Å². The van der Waals surface area contributed by atoms with Crippen molar-refractivity contribution in [3.63, 3.8) is 0 Å². The summed E-state index contributed by atoms with van der Waals surface area (Å²) in [6, 6.07) is 8.22. The molecule has 0 atom stereocenters. The summed E-state index contributed by atoms with van der Waals surface area (Å²) in [6.07, 6.45) is 0. The molecule has 0 aromatic heterocycles. The number of benzene rings is 2. The molecule has 2 rings (SSSR count). The van der Waals surface area contributed by atoms with E-state index in [0.29, 0.717) is 17.2 Å². The SMILES string of the molecule is COc1ccc(OC)c(NC(=S)Nc2ccc(F)cc2[N+](=O)[O-])c1. The quantitative estimate of drug-likeness (QED) is 0.484. The van der Waals surface area contributed by atoms with E-state index >= 15 is 0 Å². The van der Waals surface area contributed by atoms with Gasteiger partial charge in [-0.3, -0.25) is 10.1 Å². The molecule has 0 spiro atoms. The van der Waals surface area contributed by atoms with Gasteiger partial charge in [0.2, 0.25) is 0 Å². The van der Waals surface area contributed by atoms with Crippen molar-refractivity contribution in [2.24, 2.45) is 0 Å². The Morgan fingerprint density at radius 1 is 1.12 bits per heavy atom. The highest BCUT2D eigenvalue weighted by molar-refractivity contribution is 7.80. The van der Waals surface area contributed by atoms with Crippen LogP contribution in [0.4, 0.5) is 21.5 Å². The number of methoxy groups -OCH3 is 2. The van der Waals surface area contributed by atoms with Gasteiger partial charge in [0.25, 0.3) is 5.69 Å². The molecule has 24 heavy (non-hydrogen) atoms. The minimum atomic E-state index is -0.708. The Kier molecular flexibility index (Phi) is 5.48. The zero-order valence-corrected chi connectivity index (χ0v) is 13.6. The van der Waals surface area contributed by atoms with Crippen LogP contribution in [0.3, 0.4) is 0 Å². The van der Waals surface area contributed by atoms with E-state index in [-0.39, 0.29) is 10.8 Å². The summed E-state index contributed by atoms with van der Waals surface area (Å²) >= 11 is 5.15. The Morgan fingerprint density at radius 2 is 1.83 bits per heavy atom. The Balaban J connectivity index is 2.22. The second-order valence-electron chi connectivity index (χ2n) is 4.56. The minimum Gasteiger partial charge on any atom is -0.497 e. The summed E-state index contributed by atoms with van der Waals surface area (Å²) in [5.41, 5.74) is 0.164. The summed E-state index contributed by atoms with van der Waals surface area (Å²) in [4.78, 5) is 10.3. The average Bonchev–Trinajstić information content (AvgIpc) is 2.56. The molecular formula is C15H14FN3O4S.